The fourth-order valence-corrected chi connectivity index (χ4v) is 2.53. The number of nitrogens with one attached hydrogen (secondary N) is 1. The van der Waals surface area contributed by atoms with Crippen LogP contribution in [0.1, 0.15) is 56.0 Å². The zero-order chi connectivity index (χ0) is 13.6. The Morgan fingerprint density at radius 1 is 1.50 bits per heavy atom. The Kier molecular flexibility index (Phi) is 5.77. The van der Waals surface area contributed by atoms with Gasteiger partial charge in [0, 0.05) is 11.1 Å². The Labute approximate surface area is 114 Å². The number of aryl methyl sites for hydroxylation is 1. The monoisotopic (exact) mass is 265 g/mol. The second kappa shape index (κ2) is 6.86. The quantitative estimate of drug-likeness (QED) is 0.762. The van der Waals surface area contributed by atoms with Gasteiger partial charge in [-0.3, -0.25) is 0 Å². The van der Waals surface area contributed by atoms with Crippen molar-refractivity contribution < 1.29 is 0 Å². The lowest BCUT2D eigenvalue weighted by atomic mass is 9.89. The smallest absolute Gasteiger partial charge is 0.109 e. The number of aromatic nitrogens is 1. The number of thiazole rings is 1. The first kappa shape index (κ1) is 15.1. The van der Waals surface area contributed by atoms with Crippen molar-refractivity contribution in [3.8, 4) is 6.07 Å². The van der Waals surface area contributed by atoms with E-state index in [0.29, 0.717) is 6.04 Å². The van der Waals surface area contributed by atoms with Gasteiger partial charge in [0.15, 0.2) is 0 Å². The molecule has 1 aromatic heterocycles. The molecule has 1 heterocycles. The molecule has 1 aromatic rings. The Morgan fingerprint density at radius 2 is 2.22 bits per heavy atom. The van der Waals surface area contributed by atoms with Crippen molar-refractivity contribution in [3.63, 3.8) is 0 Å². The number of hydrogen-bond donors (Lipinski definition) is 1. The Morgan fingerprint density at radius 3 is 2.78 bits per heavy atom. The maximum absolute atomic E-state index is 8.92. The Bertz CT molecular complexity index is 403. The third kappa shape index (κ3) is 5.16. The number of nitrogens with zero attached hydrogens (tertiary/aromatic N) is 2. The van der Waals surface area contributed by atoms with E-state index in [2.05, 4.69) is 30.2 Å². The molecule has 1 N–H and O–H groups in total. The lowest BCUT2D eigenvalue weighted by molar-refractivity contribution is 0.417. The molecule has 3 nitrogen and oxygen atoms in total. The van der Waals surface area contributed by atoms with Crippen LogP contribution < -0.4 is 5.32 Å². The molecule has 18 heavy (non-hydrogen) atoms. The van der Waals surface area contributed by atoms with E-state index < -0.39 is 0 Å². The molecule has 0 spiro atoms. The molecule has 0 aliphatic rings. The highest BCUT2D eigenvalue weighted by atomic mass is 32.1. The minimum atomic E-state index is -0.183. The SMILES string of the molecule is Cc1cnc(C(C)NCCCCC(C)(C)C#N)s1. The van der Waals surface area contributed by atoms with Crippen LogP contribution in [0.2, 0.25) is 0 Å². The van der Waals surface area contributed by atoms with E-state index in [4.69, 9.17) is 5.26 Å². The summed E-state index contributed by atoms with van der Waals surface area (Å²) in [7, 11) is 0. The van der Waals surface area contributed by atoms with Gasteiger partial charge < -0.3 is 5.32 Å². The number of hydrogen-bond acceptors (Lipinski definition) is 4. The maximum atomic E-state index is 8.92. The number of rotatable bonds is 7. The molecule has 1 unspecified atom stereocenters. The summed E-state index contributed by atoms with van der Waals surface area (Å²) in [5, 5.41) is 13.6. The average molecular weight is 265 g/mol. The molecule has 0 aliphatic heterocycles. The van der Waals surface area contributed by atoms with Crippen LogP contribution in [0.4, 0.5) is 0 Å². The van der Waals surface area contributed by atoms with Crippen molar-refractivity contribution in [1.82, 2.24) is 10.3 Å². The van der Waals surface area contributed by atoms with Crippen LogP contribution in [-0.4, -0.2) is 11.5 Å². The summed E-state index contributed by atoms with van der Waals surface area (Å²) < 4.78 is 0. The molecule has 0 fully saturated rings. The summed E-state index contributed by atoms with van der Waals surface area (Å²) in [6, 6.07) is 2.67. The first-order chi connectivity index (χ1) is 8.44. The summed E-state index contributed by atoms with van der Waals surface area (Å²) >= 11 is 1.75. The highest BCUT2D eigenvalue weighted by Gasteiger charge is 2.15. The molecule has 0 bridgehead atoms. The molecule has 4 heteroatoms. The largest absolute Gasteiger partial charge is 0.308 e. The van der Waals surface area contributed by atoms with Crippen molar-refractivity contribution in [1.29, 1.82) is 5.26 Å². The van der Waals surface area contributed by atoms with Crippen LogP contribution in [0.3, 0.4) is 0 Å². The topological polar surface area (TPSA) is 48.7 Å². The van der Waals surface area contributed by atoms with Gasteiger partial charge >= 0.3 is 0 Å². The fourth-order valence-electron chi connectivity index (χ4n) is 1.73. The Balaban J connectivity index is 2.17. The van der Waals surface area contributed by atoms with Gasteiger partial charge in [0.1, 0.15) is 5.01 Å². The first-order valence-electron chi connectivity index (χ1n) is 6.51. The van der Waals surface area contributed by atoms with E-state index >= 15 is 0 Å². The summed E-state index contributed by atoms with van der Waals surface area (Å²) in [4.78, 5) is 5.64. The molecular weight excluding hydrogens is 242 g/mol. The van der Waals surface area contributed by atoms with E-state index in [0.717, 1.165) is 30.8 Å². The minimum Gasteiger partial charge on any atom is -0.308 e. The highest BCUT2D eigenvalue weighted by Crippen LogP contribution is 2.22. The normalized spacial score (nSPS) is 13.3. The highest BCUT2D eigenvalue weighted by molar-refractivity contribution is 7.11. The predicted molar refractivity (Wildman–Crippen MR) is 76.5 cm³/mol. The molecule has 1 rings (SSSR count). The molecule has 0 radical (unpaired) electrons. The summed E-state index contributed by atoms with van der Waals surface area (Å²) in [5.41, 5.74) is -0.183. The van der Waals surface area contributed by atoms with Crippen LogP contribution in [0.25, 0.3) is 0 Å². The zero-order valence-corrected chi connectivity index (χ0v) is 12.6. The van der Waals surface area contributed by atoms with Crippen molar-refractivity contribution in [2.75, 3.05) is 6.54 Å². The van der Waals surface area contributed by atoms with Crippen LogP contribution in [0, 0.1) is 23.7 Å². The molecular formula is C14H23N3S. The lowest BCUT2D eigenvalue weighted by Crippen LogP contribution is -2.20. The molecule has 0 saturated heterocycles. The molecule has 0 amide bonds. The van der Waals surface area contributed by atoms with Crippen molar-refractivity contribution in [2.45, 2.75) is 53.0 Å². The second-order valence-electron chi connectivity index (χ2n) is 5.44. The van der Waals surface area contributed by atoms with Crippen LogP contribution in [0.5, 0.6) is 0 Å². The number of nitriles is 1. The van der Waals surface area contributed by atoms with E-state index in [1.807, 2.05) is 20.0 Å². The minimum absolute atomic E-state index is 0.183. The second-order valence-corrected chi connectivity index (χ2v) is 6.70. The molecule has 1 atom stereocenters. The summed E-state index contributed by atoms with van der Waals surface area (Å²) in [6.07, 6.45) is 5.10. The van der Waals surface area contributed by atoms with Gasteiger partial charge in [0.25, 0.3) is 0 Å². The van der Waals surface area contributed by atoms with Gasteiger partial charge in [-0.1, -0.05) is 6.42 Å². The van der Waals surface area contributed by atoms with Gasteiger partial charge in [0.05, 0.1) is 17.5 Å². The van der Waals surface area contributed by atoms with Crippen LogP contribution in [0.15, 0.2) is 6.20 Å². The third-order valence-corrected chi connectivity index (χ3v) is 4.09. The van der Waals surface area contributed by atoms with Gasteiger partial charge in [-0.25, -0.2) is 4.98 Å². The first-order valence-corrected chi connectivity index (χ1v) is 7.33. The van der Waals surface area contributed by atoms with Crippen LogP contribution in [-0.2, 0) is 0 Å². The Hall–Kier alpha value is -0.920. The van der Waals surface area contributed by atoms with Gasteiger partial charge in [0.2, 0.25) is 0 Å². The maximum Gasteiger partial charge on any atom is 0.109 e. The predicted octanol–water partition coefficient (Wildman–Crippen LogP) is 3.82. The fraction of sp³-hybridized carbons (Fsp3) is 0.714. The van der Waals surface area contributed by atoms with Crippen molar-refractivity contribution in [2.24, 2.45) is 5.41 Å². The molecule has 100 valence electrons. The third-order valence-electron chi connectivity index (χ3n) is 2.99. The van der Waals surface area contributed by atoms with Gasteiger partial charge in [-0.2, -0.15) is 5.26 Å². The summed E-state index contributed by atoms with van der Waals surface area (Å²) in [6.45, 7) is 9.22. The summed E-state index contributed by atoms with van der Waals surface area (Å²) in [5.74, 6) is 0. The average Bonchev–Trinajstić information content (AvgIpc) is 2.75. The van der Waals surface area contributed by atoms with Crippen molar-refractivity contribution >= 4 is 11.3 Å². The van der Waals surface area contributed by atoms with Crippen molar-refractivity contribution in [3.05, 3.63) is 16.1 Å². The standard InChI is InChI=1S/C14H23N3S/c1-11-9-17-13(18-11)12(2)16-8-6-5-7-14(3,4)10-15/h9,12,16H,5-8H2,1-4H3. The number of unbranched alkanes of at least 4 members (excludes halogenated alkanes) is 1. The molecule has 0 aliphatic carbocycles. The molecule has 0 aromatic carbocycles. The van der Waals surface area contributed by atoms with Crippen LogP contribution >= 0.6 is 11.3 Å². The molecule has 0 saturated carbocycles. The van der Waals surface area contributed by atoms with E-state index in [9.17, 15) is 0 Å². The van der Waals surface area contributed by atoms with E-state index in [1.54, 1.807) is 11.3 Å². The lowest BCUT2D eigenvalue weighted by Gasteiger charge is -2.15. The van der Waals surface area contributed by atoms with Gasteiger partial charge in [-0.15, -0.1) is 11.3 Å². The zero-order valence-electron chi connectivity index (χ0n) is 11.8. The van der Waals surface area contributed by atoms with E-state index in [1.165, 1.54) is 4.88 Å². The van der Waals surface area contributed by atoms with Gasteiger partial charge in [-0.05, 0) is 47.1 Å². The van der Waals surface area contributed by atoms with E-state index in [-0.39, 0.29) is 5.41 Å².